The predicted molar refractivity (Wildman–Crippen MR) is 150 cm³/mol. The molecule has 0 bridgehead atoms. The average Bonchev–Trinajstić information content (AvgIpc) is 3.18. The van der Waals surface area contributed by atoms with E-state index >= 15 is 0 Å². The van der Waals surface area contributed by atoms with E-state index in [0.717, 1.165) is 0 Å². The van der Waals surface area contributed by atoms with Crippen molar-refractivity contribution in [2.75, 3.05) is 11.9 Å². The third kappa shape index (κ3) is 5.47. The largest absolute Gasteiger partial charge is 0.386 e. The number of aliphatic hydroxyl groups is 1. The number of fused-ring (bicyclic) bond motifs is 1. The minimum Gasteiger partial charge on any atom is -0.386 e. The Morgan fingerprint density at radius 2 is 1.57 bits per heavy atom. The molecule has 0 unspecified atom stereocenters. The Balaban J connectivity index is 1.64. The van der Waals surface area contributed by atoms with Gasteiger partial charge in [0.25, 0.3) is 5.91 Å². The standard InChI is InChI=1S/C30H43N3O7/c1-17(2)29(18(3)4)37-16-22-25(39-30(40-29,19(5)6)20(7)8)24(34)27(38-22)33-15-14-23(32-28(33)36)31-26(35)21-12-10-9-11-13-21/h9-15,17-20,22,24-25,27,34H,16H2,1-8H3,(H,31,32,35,36)/t22-,24-,25-,27-/m1/s1. The lowest BCUT2D eigenvalue weighted by Crippen LogP contribution is -2.63. The molecule has 10 heteroatoms. The summed E-state index contributed by atoms with van der Waals surface area (Å²) in [5.74, 6) is -2.52. The molecular weight excluding hydrogens is 514 g/mol. The van der Waals surface area contributed by atoms with Gasteiger partial charge in [-0.3, -0.25) is 9.36 Å². The zero-order chi connectivity index (χ0) is 29.4. The first-order valence-electron chi connectivity index (χ1n) is 14.1. The van der Waals surface area contributed by atoms with E-state index in [1.807, 2.05) is 33.8 Å². The van der Waals surface area contributed by atoms with Crippen LogP contribution in [-0.2, 0) is 18.9 Å². The number of amides is 1. The number of benzene rings is 1. The lowest BCUT2D eigenvalue weighted by atomic mass is 9.86. The molecule has 2 aliphatic heterocycles. The molecule has 1 aromatic carbocycles. The summed E-state index contributed by atoms with van der Waals surface area (Å²) < 4.78 is 27.6. The second-order valence-corrected chi connectivity index (χ2v) is 11.9. The zero-order valence-corrected chi connectivity index (χ0v) is 24.7. The molecule has 10 nitrogen and oxygen atoms in total. The third-order valence-electron chi connectivity index (χ3n) is 8.02. The Kier molecular flexibility index (Phi) is 8.87. The van der Waals surface area contributed by atoms with Gasteiger partial charge in [-0.05, 0) is 18.2 Å². The highest BCUT2D eigenvalue weighted by atomic mass is 16.8. The zero-order valence-electron chi connectivity index (χ0n) is 24.7. The highest BCUT2D eigenvalue weighted by Crippen LogP contribution is 2.47. The van der Waals surface area contributed by atoms with Crippen molar-refractivity contribution in [3.8, 4) is 0 Å². The number of anilines is 1. The first kappa shape index (κ1) is 30.3. The number of aliphatic hydroxyl groups excluding tert-OH is 1. The Hall–Kier alpha value is -2.63. The van der Waals surface area contributed by atoms with E-state index in [1.54, 1.807) is 24.3 Å². The van der Waals surface area contributed by atoms with Gasteiger partial charge in [0, 0.05) is 35.4 Å². The molecular formula is C30H43N3O7. The summed E-state index contributed by atoms with van der Waals surface area (Å²) in [5, 5.41) is 14.1. The molecule has 4 rings (SSSR count). The van der Waals surface area contributed by atoms with Gasteiger partial charge >= 0.3 is 5.69 Å². The highest BCUT2D eigenvalue weighted by molar-refractivity contribution is 6.03. The molecule has 2 saturated heterocycles. The van der Waals surface area contributed by atoms with Gasteiger partial charge in [0.2, 0.25) is 0 Å². The van der Waals surface area contributed by atoms with Gasteiger partial charge in [-0.15, -0.1) is 0 Å². The molecule has 0 saturated carbocycles. The van der Waals surface area contributed by atoms with Crippen molar-refractivity contribution in [2.45, 2.75) is 91.5 Å². The van der Waals surface area contributed by atoms with Crippen LogP contribution in [0.4, 0.5) is 5.82 Å². The molecule has 40 heavy (non-hydrogen) atoms. The monoisotopic (exact) mass is 557 g/mol. The van der Waals surface area contributed by atoms with E-state index in [0.29, 0.717) is 5.56 Å². The first-order valence-corrected chi connectivity index (χ1v) is 14.1. The van der Waals surface area contributed by atoms with E-state index in [-0.39, 0.29) is 42.0 Å². The molecule has 2 aliphatic rings. The Morgan fingerprint density at radius 3 is 2.12 bits per heavy atom. The van der Waals surface area contributed by atoms with Crippen LogP contribution in [0.5, 0.6) is 0 Å². The maximum absolute atomic E-state index is 13.1. The van der Waals surface area contributed by atoms with Crippen molar-refractivity contribution in [1.82, 2.24) is 9.55 Å². The molecule has 3 heterocycles. The summed E-state index contributed by atoms with van der Waals surface area (Å²) in [6.45, 7) is 16.4. The maximum Gasteiger partial charge on any atom is 0.351 e. The van der Waals surface area contributed by atoms with Crippen LogP contribution in [0, 0.1) is 23.7 Å². The van der Waals surface area contributed by atoms with Crippen LogP contribution >= 0.6 is 0 Å². The number of rotatable bonds is 7. The summed E-state index contributed by atoms with van der Waals surface area (Å²) in [5.41, 5.74) is -0.240. The number of carbonyl (C=O) groups excluding carboxylic acids is 1. The fraction of sp³-hybridized carbons (Fsp3) is 0.633. The van der Waals surface area contributed by atoms with Gasteiger partial charge < -0.3 is 29.4 Å². The minimum atomic E-state index is -1.20. The van der Waals surface area contributed by atoms with Gasteiger partial charge in [-0.1, -0.05) is 73.6 Å². The number of nitrogens with zero attached hydrogens (tertiary/aromatic N) is 2. The van der Waals surface area contributed by atoms with Crippen molar-refractivity contribution < 1.29 is 28.8 Å². The maximum atomic E-state index is 13.1. The summed E-state index contributed by atoms with van der Waals surface area (Å²) in [6.07, 6.45) is -2.31. The van der Waals surface area contributed by atoms with Gasteiger partial charge in [-0.25, -0.2) is 4.79 Å². The van der Waals surface area contributed by atoms with Crippen molar-refractivity contribution in [2.24, 2.45) is 23.7 Å². The van der Waals surface area contributed by atoms with Crippen LogP contribution in [0.25, 0.3) is 0 Å². The quantitative estimate of drug-likeness (QED) is 0.520. The summed E-state index contributed by atoms with van der Waals surface area (Å²) in [7, 11) is 0. The molecule has 220 valence electrons. The first-order chi connectivity index (χ1) is 18.8. The van der Waals surface area contributed by atoms with E-state index in [4.69, 9.17) is 18.9 Å². The lowest BCUT2D eigenvalue weighted by Gasteiger charge is -2.54. The fourth-order valence-corrected chi connectivity index (χ4v) is 5.82. The average molecular weight is 558 g/mol. The van der Waals surface area contributed by atoms with Crippen LogP contribution in [0.3, 0.4) is 0 Å². The smallest absolute Gasteiger partial charge is 0.351 e. The van der Waals surface area contributed by atoms with Crippen molar-refractivity contribution in [1.29, 1.82) is 0 Å². The predicted octanol–water partition coefficient (Wildman–Crippen LogP) is 4.20. The van der Waals surface area contributed by atoms with Crippen LogP contribution < -0.4 is 11.0 Å². The molecule has 2 fully saturated rings. The van der Waals surface area contributed by atoms with Crippen molar-refractivity contribution in [3.63, 3.8) is 0 Å². The van der Waals surface area contributed by atoms with Crippen LogP contribution in [0.2, 0.25) is 0 Å². The third-order valence-corrected chi connectivity index (χ3v) is 8.02. The van der Waals surface area contributed by atoms with Crippen LogP contribution in [0.15, 0.2) is 47.4 Å². The second kappa shape index (κ2) is 11.7. The molecule has 1 aromatic heterocycles. The van der Waals surface area contributed by atoms with Crippen molar-refractivity contribution in [3.05, 3.63) is 58.6 Å². The number of aromatic nitrogens is 2. The van der Waals surface area contributed by atoms with E-state index in [1.165, 1.54) is 16.8 Å². The van der Waals surface area contributed by atoms with Crippen LogP contribution in [-0.4, -0.2) is 57.1 Å². The van der Waals surface area contributed by atoms with Gasteiger partial charge in [0.15, 0.2) is 17.8 Å². The summed E-state index contributed by atoms with van der Waals surface area (Å²) in [6, 6.07) is 10.1. The molecule has 0 radical (unpaired) electrons. The SMILES string of the molecule is CC(C)C1(C(C)C)OC[C@H]2O[C@@H](n3ccc(NC(=O)c4ccccc4)nc3=O)[C@H](O)[C@@H]2OC(C(C)C)(C(C)C)O1. The number of ether oxygens (including phenoxy) is 4. The minimum absolute atomic E-state index is 0.00268. The molecule has 0 aliphatic carbocycles. The Labute approximate surface area is 236 Å². The van der Waals surface area contributed by atoms with Crippen LogP contribution in [0.1, 0.15) is 72.0 Å². The van der Waals surface area contributed by atoms with Gasteiger partial charge in [0.05, 0.1) is 6.61 Å². The Morgan fingerprint density at radius 1 is 0.975 bits per heavy atom. The molecule has 2 N–H and O–H groups in total. The van der Waals surface area contributed by atoms with E-state index < -0.39 is 41.8 Å². The number of nitrogens with one attached hydrogen (secondary N) is 1. The normalized spacial score (nSPS) is 26.1. The molecule has 4 atom stereocenters. The summed E-state index contributed by atoms with van der Waals surface area (Å²) >= 11 is 0. The van der Waals surface area contributed by atoms with Crippen molar-refractivity contribution >= 4 is 11.7 Å². The van der Waals surface area contributed by atoms with E-state index in [2.05, 4.69) is 38.0 Å². The number of hydrogen-bond donors (Lipinski definition) is 2. The molecule has 1 amide bonds. The molecule has 0 spiro atoms. The van der Waals surface area contributed by atoms with E-state index in [9.17, 15) is 14.7 Å². The lowest BCUT2D eigenvalue weighted by molar-refractivity contribution is -0.437. The molecule has 2 aromatic rings. The fourth-order valence-electron chi connectivity index (χ4n) is 5.82. The highest BCUT2D eigenvalue weighted by Gasteiger charge is 2.58. The summed E-state index contributed by atoms with van der Waals surface area (Å²) in [4.78, 5) is 29.6. The number of hydrogen-bond acceptors (Lipinski definition) is 8. The number of carbonyl (C=O) groups is 1. The topological polar surface area (TPSA) is 121 Å². The van der Waals surface area contributed by atoms with Gasteiger partial charge in [-0.2, -0.15) is 4.98 Å². The second-order valence-electron chi connectivity index (χ2n) is 11.9. The Bertz CT molecular complexity index is 1210. The van der Waals surface area contributed by atoms with Gasteiger partial charge in [0.1, 0.15) is 24.1 Å².